The van der Waals surface area contributed by atoms with Crippen molar-refractivity contribution in [1.82, 2.24) is 4.98 Å². The number of nitrogens with zero attached hydrogens (tertiary/aromatic N) is 1. The number of carbonyl (C=O) groups excluding carboxylic acids is 1. The van der Waals surface area contributed by atoms with Gasteiger partial charge in [0.15, 0.2) is 16.6 Å². The lowest BCUT2D eigenvalue weighted by atomic mass is 10.1. The quantitative estimate of drug-likeness (QED) is 0.577. The highest BCUT2D eigenvalue weighted by atomic mass is 79.9. The molecule has 0 unspecified atom stereocenters. The first kappa shape index (κ1) is 18.3. The summed E-state index contributed by atoms with van der Waals surface area (Å²) in [6, 6.07) is 11.0. The Balaban J connectivity index is 1.44. The number of amides is 1. The van der Waals surface area contributed by atoms with Gasteiger partial charge in [0.05, 0.1) is 5.02 Å². The third-order valence-corrected chi connectivity index (χ3v) is 6.09. The maximum Gasteiger partial charge on any atom is 0.257 e. The average Bonchev–Trinajstić information content (AvgIpc) is 3.11. The van der Waals surface area contributed by atoms with Gasteiger partial charge in [0.2, 0.25) is 0 Å². The zero-order valence-corrected chi connectivity index (χ0v) is 17.2. The number of thiazole rings is 1. The highest BCUT2D eigenvalue weighted by molar-refractivity contribution is 9.10. The summed E-state index contributed by atoms with van der Waals surface area (Å²) in [5, 5.41) is 4.05. The van der Waals surface area contributed by atoms with E-state index in [1.807, 2.05) is 18.2 Å². The summed E-state index contributed by atoms with van der Waals surface area (Å²) in [5.41, 5.74) is 1.58. The SMILES string of the molecule is O=C(Nc1ncc(Cc2ccc(Br)c(Cl)c2)s1)c1ccc2c(c1)OCCO2. The van der Waals surface area contributed by atoms with Crippen molar-refractivity contribution >= 4 is 49.9 Å². The predicted octanol–water partition coefficient (Wildman–Crippen LogP) is 5.17. The molecule has 0 atom stereocenters. The van der Waals surface area contributed by atoms with Crippen molar-refractivity contribution in [3.8, 4) is 11.5 Å². The summed E-state index contributed by atoms with van der Waals surface area (Å²) in [6.07, 6.45) is 2.46. The lowest BCUT2D eigenvalue weighted by Crippen LogP contribution is -2.17. The average molecular weight is 466 g/mol. The minimum Gasteiger partial charge on any atom is -0.486 e. The normalized spacial score (nSPS) is 12.7. The van der Waals surface area contributed by atoms with E-state index in [2.05, 4.69) is 26.2 Å². The van der Waals surface area contributed by atoms with Gasteiger partial charge in [-0.3, -0.25) is 10.1 Å². The molecule has 0 saturated heterocycles. The Hall–Kier alpha value is -2.09. The Morgan fingerprint density at radius 2 is 2.00 bits per heavy atom. The molecule has 2 aromatic carbocycles. The Morgan fingerprint density at radius 3 is 2.81 bits per heavy atom. The highest BCUT2D eigenvalue weighted by Crippen LogP contribution is 2.31. The Labute approximate surface area is 173 Å². The lowest BCUT2D eigenvalue weighted by Gasteiger charge is -2.18. The maximum absolute atomic E-state index is 12.5. The number of hydrogen-bond acceptors (Lipinski definition) is 5. The molecule has 1 aliphatic rings. The highest BCUT2D eigenvalue weighted by Gasteiger charge is 2.16. The van der Waals surface area contributed by atoms with Crippen LogP contribution >= 0.6 is 38.9 Å². The second kappa shape index (κ2) is 7.88. The molecular weight excluding hydrogens is 452 g/mol. The monoisotopic (exact) mass is 464 g/mol. The summed E-state index contributed by atoms with van der Waals surface area (Å²) >= 11 is 11.0. The molecule has 4 rings (SSSR count). The van der Waals surface area contributed by atoms with Gasteiger partial charge < -0.3 is 9.47 Å². The van der Waals surface area contributed by atoms with Gasteiger partial charge in [0.25, 0.3) is 5.91 Å². The van der Waals surface area contributed by atoms with Gasteiger partial charge in [-0.15, -0.1) is 11.3 Å². The molecule has 0 spiro atoms. The standard InChI is InChI=1S/C19H14BrClN2O3S/c20-14-3-1-11(8-15(14)21)7-13-10-22-19(27-13)23-18(24)12-2-4-16-17(9-12)26-6-5-25-16/h1-4,8-10H,5-7H2,(H,22,23,24). The first-order valence-electron chi connectivity index (χ1n) is 8.18. The molecule has 8 heteroatoms. The van der Waals surface area contributed by atoms with Gasteiger partial charge in [-0.1, -0.05) is 17.7 Å². The molecule has 3 aromatic rings. The van der Waals surface area contributed by atoms with E-state index in [9.17, 15) is 4.79 Å². The maximum atomic E-state index is 12.5. The molecule has 1 aromatic heterocycles. The molecule has 138 valence electrons. The molecule has 27 heavy (non-hydrogen) atoms. The van der Waals surface area contributed by atoms with Crippen molar-refractivity contribution in [2.75, 3.05) is 18.5 Å². The van der Waals surface area contributed by atoms with Crippen LogP contribution in [0.4, 0.5) is 5.13 Å². The first-order chi connectivity index (χ1) is 13.1. The van der Waals surface area contributed by atoms with E-state index in [1.54, 1.807) is 24.4 Å². The van der Waals surface area contributed by atoms with Crippen LogP contribution in [0.1, 0.15) is 20.8 Å². The number of fused-ring (bicyclic) bond motifs is 1. The number of ether oxygens (including phenoxy) is 2. The van der Waals surface area contributed by atoms with Crippen LogP contribution in [-0.4, -0.2) is 24.1 Å². The summed E-state index contributed by atoms with van der Waals surface area (Å²) in [4.78, 5) is 17.8. The molecule has 0 saturated carbocycles. The summed E-state index contributed by atoms with van der Waals surface area (Å²) in [7, 11) is 0. The molecule has 2 heterocycles. The van der Waals surface area contributed by atoms with Gasteiger partial charge in [-0.25, -0.2) is 4.98 Å². The van der Waals surface area contributed by atoms with Crippen molar-refractivity contribution in [2.45, 2.75) is 6.42 Å². The number of aromatic nitrogens is 1. The second-order valence-electron chi connectivity index (χ2n) is 5.87. The number of nitrogens with one attached hydrogen (secondary N) is 1. The van der Waals surface area contributed by atoms with E-state index in [-0.39, 0.29) is 5.91 Å². The summed E-state index contributed by atoms with van der Waals surface area (Å²) < 4.78 is 11.9. The van der Waals surface area contributed by atoms with Crippen LogP contribution in [0, 0.1) is 0 Å². The van der Waals surface area contributed by atoms with Crippen LogP contribution in [0.3, 0.4) is 0 Å². The number of anilines is 1. The summed E-state index contributed by atoms with van der Waals surface area (Å²) in [6.45, 7) is 0.998. The van der Waals surface area contributed by atoms with Crippen LogP contribution in [0.2, 0.25) is 5.02 Å². The third-order valence-electron chi connectivity index (χ3n) is 3.94. The molecule has 1 amide bonds. The van der Waals surface area contributed by atoms with Gasteiger partial charge >= 0.3 is 0 Å². The van der Waals surface area contributed by atoms with Crippen molar-refractivity contribution in [2.24, 2.45) is 0 Å². The summed E-state index contributed by atoms with van der Waals surface area (Å²) in [5.74, 6) is 1.00. The topological polar surface area (TPSA) is 60.5 Å². The number of benzene rings is 2. The van der Waals surface area contributed by atoms with Gasteiger partial charge in [-0.05, 0) is 51.8 Å². The molecule has 1 aliphatic heterocycles. The van der Waals surface area contributed by atoms with Gasteiger partial charge in [0, 0.05) is 27.5 Å². The van der Waals surface area contributed by atoms with Crippen molar-refractivity contribution in [3.63, 3.8) is 0 Å². The molecule has 0 aliphatic carbocycles. The fourth-order valence-electron chi connectivity index (χ4n) is 2.65. The smallest absolute Gasteiger partial charge is 0.257 e. The second-order valence-corrected chi connectivity index (χ2v) is 8.25. The number of carbonyl (C=O) groups is 1. The minimum absolute atomic E-state index is 0.237. The predicted molar refractivity (Wildman–Crippen MR) is 109 cm³/mol. The molecule has 0 bridgehead atoms. The van der Waals surface area contributed by atoms with Crippen molar-refractivity contribution < 1.29 is 14.3 Å². The Morgan fingerprint density at radius 1 is 1.19 bits per heavy atom. The van der Waals surface area contributed by atoms with Crippen LogP contribution in [0.25, 0.3) is 0 Å². The van der Waals surface area contributed by atoms with Crippen LogP contribution in [-0.2, 0) is 6.42 Å². The number of halogens is 2. The Kier molecular flexibility index (Phi) is 5.33. The zero-order valence-electron chi connectivity index (χ0n) is 14.0. The van der Waals surface area contributed by atoms with E-state index in [1.165, 1.54) is 11.3 Å². The van der Waals surface area contributed by atoms with Crippen molar-refractivity contribution in [1.29, 1.82) is 0 Å². The molecule has 0 radical (unpaired) electrons. The molecule has 1 N–H and O–H groups in total. The largest absolute Gasteiger partial charge is 0.486 e. The number of rotatable bonds is 4. The Bertz CT molecular complexity index is 1010. The van der Waals surface area contributed by atoms with E-state index in [0.717, 1.165) is 14.9 Å². The fourth-order valence-corrected chi connectivity index (χ4v) is 3.94. The third kappa shape index (κ3) is 4.26. The zero-order chi connectivity index (χ0) is 18.8. The van der Waals surface area contributed by atoms with Crippen molar-refractivity contribution in [3.05, 3.63) is 68.1 Å². The van der Waals surface area contributed by atoms with E-state index >= 15 is 0 Å². The van der Waals surface area contributed by atoms with E-state index in [4.69, 9.17) is 21.1 Å². The first-order valence-corrected chi connectivity index (χ1v) is 10.2. The van der Waals surface area contributed by atoms with Crippen LogP contribution in [0.5, 0.6) is 11.5 Å². The van der Waals surface area contributed by atoms with Gasteiger partial charge in [0.1, 0.15) is 13.2 Å². The van der Waals surface area contributed by atoms with Crippen LogP contribution in [0.15, 0.2) is 47.1 Å². The van der Waals surface area contributed by atoms with Crippen LogP contribution < -0.4 is 14.8 Å². The molecule has 5 nitrogen and oxygen atoms in total. The van der Waals surface area contributed by atoms with E-state index in [0.29, 0.717) is 46.9 Å². The molecule has 0 fully saturated rings. The number of hydrogen-bond donors (Lipinski definition) is 1. The van der Waals surface area contributed by atoms with E-state index < -0.39 is 0 Å². The van der Waals surface area contributed by atoms with Gasteiger partial charge in [-0.2, -0.15) is 0 Å². The minimum atomic E-state index is -0.237. The fraction of sp³-hybridized carbons (Fsp3) is 0.158. The lowest BCUT2D eigenvalue weighted by molar-refractivity contribution is 0.102. The molecular formula is C19H14BrClN2O3S.